The molecule has 5 nitrogen and oxygen atoms in total. The lowest BCUT2D eigenvalue weighted by Crippen LogP contribution is -2.22. The summed E-state index contributed by atoms with van der Waals surface area (Å²) in [7, 11) is 1.22. The molecule has 1 atom stereocenters. The Kier molecular flexibility index (Phi) is 6.11. The van der Waals surface area contributed by atoms with Crippen molar-refractivity contribution in [1.29, 1.82) is 0 Å². The number of hydrogen-bond acceptors (Lipinski definition) is 5. The highest BCUT2D eigenvalue weighted by molar-refractivity contribution is 8.00. The normalized spacial score (nSPS) is 11.6. The molecule has 0 aliphatic heterocycles. The standard InChI is InChI=1S/C17H16ClNO4S/c1-10(24-12-8-6-11(18)7-9-12)16(21)19-14-5-3-4-13(15(14)20)17(22)23-2/h3-10,20H,1-2H3,(H,19,21). The van der Waals surface area contributed by atoms with Gasteiger partial charge < -0.3 is 15.2 Å². The fourth-order valence-corrected chi connectivity index (χ4v) is 2.92. The monoisotopic (exact) mass is 365 g/mol. The van der Waals surface area contributed by atoms with Gasteiger partial charge in [-0.1, -0.05) is 17.7 Å². The number of aromatic hydroxyl groups is 1. The zero-order valence-electron chi connectivity index (χ0n) is 13.1. The molecule has 2 rings (SSSR count). The summed E-state index contributed by atoms with van der Waals surface area (Å²) in [4.78, 5) is 24.8. The van der Waals surface area contributed by atoms with Crippen molar-refractivity contribution < 1.29 is 19.4 Å². The number of methoxy groups -OCH3 is 1. The zero-order chi connectivity index (χ0) is 17.7. The van der Waals surface area contributed by atoms with Crippen molar-refractivity contribution in [3.63, 3.8) is 0 Å². The van der Waals surface area contributed by atoms with Crippen LogP contribution in [-0.2, 0) is 9.53 Å². The van der Waals surface area contributed by atoms with Crippen molar-refractivity contribution >= 4 is 40.9 Å². The molecule has 1 unspecified atom stereocenters. The minimum Gasteiger partial charge on any atom is -0.505 e. The van der Waals surface area contributed by atoms with E-state index in [4.69, 9.17) is 11.6 Å². The molecule has 0 fully saturated rings. The van der Waals surface area contributed by atoms with Crippen LogP contribution in [0.4, 0.5) is 5.69 Å². The number of esters is 1. The molecular weight excluding hydrogens is 350 g/mol. The molecule has 2 aromatic carbocycles. The van der Waals surface area contributed by atoms with Gasteiger partial charge in [0.25, 0.3) is 0 Å². The first kappa shape index (κ1) is 18.2. The number of rotatable bonds is 5. The Morgan fingerprint density at radius 1 is 1.21 bits per heavy atom. The number of phenols is 1. The van der Waals surface area contributed by atoms with Gasteiger partial charge in [-0.05, 0) is 43.3 Å². The number of amides is 1. The van der Waals surface area contributed by atoms with E-state index >= 15 is 0 Å². The number of ether oxygens (including phenoxy) is 1. The molecule has 0 radical (unpaired) electrons. The van der Waals surface area contributed by atoms with Crippen LogP contribution in [0.15, 0.2) is 47.4 Å². The second kappa shape index (κ2) is 8.08. The van der Waals surface area contributed by atoms with Crippen LogP contribution in [0.1, 0.15) is 17.3 Å². The highest BCUT2D eigenvalue weighted by Gasteiger charge is 2.19. The zero-order valence-corrected chi connectivity index (χ0v) is 14.6. The first-order valence-corrected chi connectivity index (χ1v) is 8.31. The van der Waals surface area contributed by atoms with Gasteiger partial charge in [0.05, 0.1) is 18.0 Å². The summed E-state index contributed by atoms with van der Waals surface area (Å²) in [5, 5.41) is 12.9. The molecule has 0 aliphatic carbocycles. The Balaban J connectivity index is 2.08. The number of phenolic OH excluding ortho intramolecular Hbond substituents is 1. The Bertz CT molecular complexity index is 749. The van der Waals surface area contributed by atoms with Gasteiger partial charge in [0.1, 0.15) is 5.56 Å². The van der Waals surface area contributed by atoms with Gasteiger partial charge in [-0.15, -0.1) is 11.8 Å². The molecule has 0 aromatic heterocycles. The first-order valence-electron chi connectivity index (χ1n) is 7.05. The molecule has 0 heterocycles. The summed E-state index contributed by atoms with van der Waals surface area (Å²) in [6.07, 6.45) is 0. The Morgan fingerprint density at radius 2 is 1.88 bits per heavy atom. The minimum absolute atomic E-state index is 0.00620. The molecule has 2 N–H and O–H groups in total. The van der Waals surface area contributed by atoms with Gasteiger partial charge in [-0.25, -0.2) is 4.79 Å². The second-order valence-corrected chi connectivity index (χ2v) is 6.75. The van der Waals surface area contributed by atoms with Crippen LogP contribution in [0.5, 0.6) is 5.75 Å². The number of para-hydroxylation sites is 1. The molecule has 0 saturated carbocycles. The van der Waals surface area contributed by atoms with Gasteiger partial charge in [0.15, 0.2) is 5.75 Å². The predicted molar refractivity (Wildman–Crippen MR) is 94.8 cm³/mol. The Labute approximate surface area is 149 Å². The highest BCUT2D eigenvalue weighted by atomic mass is 35.5. The fraction of sp³-hybridized carbons (Fsp3) is 0.176. The number of hydrogen-bond donors (Lipinski definition) is 2. The van der Waals surface area contributed by atoms with Crippen molar-refractivity contribution in [2.45, 2.75) is 17.1 Å². The lowest BCUT2D eigenvalue weighted by atomic mass is 10.1. The van der Waals surface area contributed by atoms with Crippen molar-refractivity contribution in [1.82, 2.24) is 0 Å². The van der Waals surface area contributed by atoms with Crippen molar-refractivity contribution in [2.24, 2.45) is 0 Å². The quantitative estimate of drug-likeness (QED) is 0.476. The molecule has 0 spiro atoms. The van der Waals surface area contributed by atoms with Gasteiger partial charge in [0, 0.05) is 9.92 Å². The van der Waals surface area contributed by atoms with E-state index in [1.807, 2.05) is 12.1 Å². The largest absolute Gasteiger partial charge is 0.505 e. The Morgan fingerprint density at radius 3 is 2.50 bits per heavy atom. The van der Waals surface area contributed by atoms with Gasteiger partial charge in [-0.2, -0.15) is 0 Å². The molecule has 2 aromatic rings. The van der Waals surface area contributed by atoms with Crippen LogP contribution >= 0.6 is 23.4 Å². The highest BCUT2D eigenvalue weighted by Crippen LogP contribution is 2.30. The van der Waals surface area contributed by atoms with Crippen LogP contribution in [0.25, 0.3) is 0 Å². The summed E-state index contributed by atoms with van der Waals surface area (Å²) in [5.74, 6) is -1.29. The van der Waals surface area contributed by atoms with Gasteiger partial charge >= 0.3 is 5.97 Å². The van der Waals surface area contributed by atoms with Crippen LogP contribution in [-0.4, -0.2) is 29.3 Å². The van der Waals surface area contributed by atoms with Crippen LogP contribution < -0.4 is 5.32 Å². The van der Waals surface area contributed by atoms with E-state index < -0.39 is 11.2 Å². The number of carbonyl (C=O) groups excluding carboxylic acids is 2. The van der Waals surface area contributed by atoms with E-state index in [0.717, 1.165) is 4.90 Å². The summed E-state index contributed by atoms with van der Waals surface area (Å²) in [6, 6.07) is 11.6. The predicted octanol–water partition coefficient (Wildman–Crippen LogP) is 3.95. The first-order chi connectivity index (χ1) is 11.4. The lowest BCUT2D eigenvalue weighted by molar-refractivity contribution is -0.115. The van der Waals surface area contributed by atoms with Gasteiger partial charge in [0.2, 0.25) is 5.91 Å². The molecule has 0 aliphatic rings. The smallest absolute Gasteiger partial charge is 0.341 e. The molecule has 126 valence electrons. The van der Waals surface area contributed by atoms with Crippen LogP contribution in [0.3, 0.4) is 0 Å². The van der Waals surface area contributed by atoms with Crippen LogP contribution in [0.2, 0.25) is 5.02 Å². The van der Waals surface area contributed by atoms with Crippen molar-refractivity contribution in [3.05, 3.63) is 53.1 Å². The summed E-state index contributed by atoms with van der Waals surface area (Å²) >= 11 is 7.19. The Hall–Kier alpha value is -2.18. The summed E-state index contributed by atoms with van der Waals surface area (Å²) in [6.45, 7) is 1.75. The number of benzene rings is 2. The van der Waals surface area contributed by atoms with E-state index in [0.29, 0.717) is 5.02 Å². The topological polar surface area (TPSA) is 75.6 Å². The number of carbonyl (C=O) groups is 2. The minimum atomic E-state index is -0.674. The summed E-state index contributed by atoms with van der Waals surface area (Å²) in [5.41, 5.74) is 0.153. The third kappa shape index (κ3) is 4.43. The molecule has 24 heavy (non-hydrogen) atoms. The van der Waals surface area contributed by atoms with E-state index in [1.54, 1.807) is 25.1 Å². The molecular formula is C17H16ClNO4S. The number of anilines is 1. The van der Waals surface area contributed by atoms with E-state index in [9.17, 15) is 14.7 Å². The van der Waals surface area contributed by atoms with Crippen molar-refractivity contribution in [2.75, 3.05) is 12.4 Å². The lowest BCUT2D eigenvalue weighted by Gasteiger charge is -2.14. The maximum atomic E-state index is 12.3. The summed E-state index contributed by atoms with van der Waals surface area (Å²) < 4.78 is 4.59. The van der Waals surface area contributed by atoms with Crippen LogP contribution in [0, 0.1) is 0 Å². The maximum Gasteiger partial charge on any atom is 0.341 e. The van der Waals surface area contributed by atoms with E-state index in [-0.39, 0.29) is 22.9 Å². The third-order valence-corrected chi connectivity index (χ3v) is 4.56. The van der Waals surface area contributed by atoms with E-state index in [1.165, 1.54) is 31.0 Å². The SMILES string of the molecule is COC(=O)c1cccc(NC(=O)C(C)Sc2ccc(Cl)cc2)c1O. The number of thioether (sulfide) groups is 1. The average molecular weight is 366 g/mol. The van der Waals surface area contributed by atoms with Crippen molar-refractivity contribution in [3.8, 4) is 5.75 Å². The number of nitrogens with one attached hydrogen (secondary N) is 1. The average Bonchev–Trinajstić information content (AvgIpc) is 2.58. The molecule has 0 bridgehead atoms. The molecule has 0 saturated heterocycles. The molecule has 7 heteroatoms. The fourth-order valence-electron chi connectivity index (χ4n) is 1.92. The second-order valence-electron chi connectivity index (χ2n) is 4.90. The molecule has 1 amide bonds. The van der Waals surface area contributed by atoms with Gasteiger partial charge in [-0.3, -0.25) is 4.79 Å². The maximum absolute atomic E-state index is 12.3. The van der Waals surface area contributed by atoms with E-state index in [2.05, 4.69) is 10.1 Å². The number of halogens is 1. The third-order valence-electron chi connectivity index (χ3n) is 3.19.